The average Bonchev–Trinajstić information content (AvgIpc) is 2.68. The highest BCUT2D eigenvalue weighted by Gasteiger charge is 2.20. The molecule has 0 aromatic heterocycles. The topological polar surface area (TPSA) is 12.4 Å². The molecule has 2 aromatic rings. The van der Waals surface area contributed by atoms with E-state index in [1.54, 1.807) is 5.56 Å². The van der Waals surface area contributed by atoms with Gasteiger partial charge in [0, 0.05) is 0 Å². The van der Waals surface area contributed by atoms with E-state index in [1.165, 1.54) is 43.2 Å². The third-order valence-corrected chi connectivity index (χ3v) is 5.78. The minimum Gasteiger partial charge on any atom is -0.195 e. The van der Waals surface area contributed by atoms with Crippen LogP contribution in [0.4, 0.5) is 5.69 Å². The van der Waals surface area contributed by atoms with Crippen LogP contribution in [-0.4, -0.2) is 5.16 Å². The van der Waals surface area contributed by atoms with Crippen molar-refractivity contribution in [3.8, 4) is 0 Å². The van der Waals surface area contributed by atoms with E-state index in [-0.39, 0.29) is 0 Å². The molecule has 1 aliphatic rings. The number of hydrogen-bond donors (Lipinski definition) is 0. The van der Waals surface area contributed by atoms with E-state index in [4.69, 9.17) is 0 Å². The molecule has 3 rings (SSSR count). The Morgan fingerprint density at radius 2 is 1.44 bits per heavy atom. The van der Waals surface area contributed by atoms with Crippen molar-refractivity contribution in [2.75, 3.05) is 0 Å². The number of aliphatic imine (C=N–C) groups is 1. The van der Waals surface area contributed by atoms with Crippen LogP contribution in [0.5, 0.6) is 0 Å². The smallest absolute Gasteiger partial charge is 0.0739 e. The van der Waals surface area contributed by atoms with E-state index < -0.39 is 0 Å². The molecule has 0 saturated heterocycles. The maximum absolute atomic E-state index is 4.63. The van der Waals surface area contributed by atoms with Gasteiger partial charge >= 0.3 is 0 Å². The van der Waals surface area contributed by atoms with Crippen molar-refractivity contribution in [3.05, 3.63) is 65.2 Å². The van der Waals surface area contributed by atoms with E-state index in [0.717, 1.165) is 30.4 Å². The fraction of sp³-hybridized carbons (Fsp3) is 0.435. The highest BCUT2D eigenvalue weighted by Crippen LogP contribution is 2.36. The SMILES string of the molecule is CC[C@H]1CC[C@H](c2ccc(CCc3ccc(N=C=S)cc3)cc2)CC1. The van der Waals surface area contributed by atoms with Gasteiger partial charge in [-0.15, -0.1) is 0 Å². The molecule has 0 bridgehead atoms. The molecule has 0 unspecified atom stereocenters. The predicted octanol–water partition coefficient (Wildman–Crippen LogP) is 6.89. The molecule has 0 atom stereocenters. The molecule has 0 amide bonds. The van der Waals surface area contributed by atoms with Crippen molar-refractivity contribution in [2.24, 2.45) is 10.9 Å². The Labute approximate surface area is 157 Å². The second kappa shape index (κ2) is 9.08. The zero-order valence-corrected chi connectivity index (χ0v) is 15.9. The van der Waals surface area contributed by atoms with E-state index in [1.807, 2.05) is 12.1 Å². The Bertz CT molecular complexity index is 703. The summed E-state index contributed by atoms with van der Waals surface area (Å²) in [5.41, 5.74) is 5.18. The maximum Gasteiger partial charge on any atom is 0.0739 e. The minimum absolute atomic E-state index is 0.783. The normalized spacial score (nSPS) is 20.0. The summed E-state index contributed by atoms with van der Waals surface area (Å²) in [6.07, 6.45) is 9.05. The highest BCUT2D eigenvalue weighted by atomic mass is 32.1. The monoisotopic (exact) mass is 349 g/mol. The fourth-order valence-electron chi connectivity index (χ4n) is 3.94. The van der Waals surface area contributed by atoms with Crippen LogP contribution >= 0.6 is 12.2 Å². The van der Waals surface area contributed by atoms with E-state index in [2.05, 4.69) is 65.7 Å². The summed E-state index contributed by atoms with van der Waals surface area (Å²) in [7, 11) is 0. The highest BCUT2D eigenvalue weighted by molar-refractivity contribution is 7.78. The van der Waals surface area contributed by atoms with Crippen molar-refractivity contribution in [3.63, 3.8) is 0 Å². The molecule has 2 aromatic carbocycles. The first-order valence-electron chi connectivity index (χ1n) is 9.54. The third kappa shape index (κ3) is 5.11. The van der Waals surface area contributed by atoms with Crippen molar-refractivity contribution in [1.29, 1.82) is 0 Å². The van der Waals surface area contributed by atoms with Gasteiger partial charge in [0.05, 0.1) is 10.8 Å². The van der Waals surface area contributed by atoms with Crippen molar-refractivity contribution >= 4 is 23.1 Å². The van der Waals surface area contributed by atoms with Crippen LogP contribution in [0.2, 0.25) is 0 Å². The molecule has 1 aliphatic carbocycles. The Kier molecular flexibility index (Phi) is 6.55. The van der Waals surface area contributed by atoms with Crippen LogP contribution in [0.15, 0.2) is 53.5 Å². The van der Waals surface area contributed by atoms with Gasteiger partial charge in [-0.3, -0.25) is 0 Å². The lowest BCUT2D eigenvalue weighted by Crippen LogP contribution is -2.12. The lowest BCUT2D eigenvalue weighted by atomic mass is 9.78. The van der Waals surface area contributed by atoms with Gasteiger partial charge in [0.25, 0.3) is 0 Å². The zero-order chi connectivity index (χ0) is 17.5. The van der Waals surface area contributed by atoms with Gasteiger partial charge in [-0.05, 0) is 91.4 Å². The number of isothiocyanates is 1. The van der Waals surface area contributed by atoms with E-state index in [9.17, 15) is 0 Å². The largest absolute Gasteiger partial charge is 0.195 e. The van der Waals surface area contributed by atoms with Gasteiger partial charge in [-0.25, -0.2) is 0 Å². The average molecular weight is 350 g/mol. The first kappa shape index (κ1) is 18.0. The predicted molar refractivity (Wildman–Crippen MR) is 110 cm³/mol. The molecule has 0 heterocycles. The molecule has 130 valence electrons. The lowest BCUT2D eigenvalue weighted by Gasteiger charge is -2.28. The number of aryl methyl sites for hydroxylation is 2. The van der Waals surface area contributed by atoms with Gasteiger partial charge < -0.3 is 0 Å². The molecule has 2 heteroatoms. The molecule has 0 spiro atoms. The van der Waals surface area contributed by atoms with Gasteiger partial charge in [-0.2, -0.15) is 4.99 Å². The fourth-order valence-corrected chi connectivity index (χ4v) is 4.04. The summed E-state index contributed by atoms with van der Waals surface area (Å²) in [5.74, 6) is 1.75. The van der Waals surface area contributed by atoms with Crippen LogP contribution in [0.1, 0.15) is 61.6 Å². The van der Waals surface area contributed by atoms with E-state index in [0.29, 0.717) is 0 Å². The minimum atomic E-state index is 0.783. The number of hydrogen-bond acceptors (Lipinski definition) is 2. The second-order valence-corrected chi connectivity index (χ2v) is 7.42. The first-order valence-corrected chi connectivity index (χ1v) is 9.95. The van der Waals surface area contributed by atoms with Crippen LogP contribution in [0.3, 0.4) is 0 Å². The number of rotatable bonds is 6. The van der Waals surface area contributed by atoms with E-state index >= 15 is 0 Å². The second-order valence-electron chi connectivity index (χ2n) is 7.24. The summed E-state index contributed by atoms with van der Waals surface area (Å²) in [6.45, 7) is 2.33. The molecule has 1 fully saturated rings. The Morgan fingerprint density at radius 1 is 0.880 bits per heavy atom. The number of nitrogens with zero attached hydrogens (tertiary/aromatic N) is 1. The first-order chi connectivity index (χ1) is 12.3. The lowest BCUT2D eigenvalue weighted by molar-refractivity contribution is 0.319. The maximum atomic E-state index is 4.63. The molecule has 25 heavy (non-hydrogen) atoms. The molecular formula is C23H27NS. The molecule has 0 radical (unpaired) electrons. The van der Waals surface area contributed by atoms with Crippen LogP contribution in [0, 0.1) is 5.92 Å². The molecule has 0 aliphatic heterocycles. The summed E-state index contributed by atoms with van der Waals surface area (Å²) < 4.78 is 0. The van der Waals surface area contributed by atoms with Gasteiger partial charge in [0.15, 0.2) is 0 Å². The summed E-state index contributed by atoms with van der Waals surface area (Å²) in [4.78, 5) is 3.99. The van der Waals surface area contributed by atoms with Crippen molar-refractivity contribution < 1.29 is 0 Å². The van der Waals surface area contributed by atoms with Crippen LogP contribution in [-0.2, 0) is 12.8 Å². The van der Waals surface area contributed by atoms with Gasteiger partial charge in [0.2, 0.25) is 0 Å². The van der Waals surface area contributed by atoms with Crippen molar-refractivity contribution in [1.82, 2.24) is 0 Å². The summed E-state index contributed by atoms with van der Waals surface area (Å²) in [5, 5.41) is 2.41. The zero-order valence-electron chi connectivity index (χ0n) is 15.1. The summed E-state index contributed by atoms with van der Waals surface area (Å²) >= 11 is 4.63. The Hall–Kier alpha value is -1.76. The van der Waals surface area contributed by atoms with Crippen LogP contribution < -0.4 is 0 Å². The van der Waals surface area contributed by atoms with Gasteiger partial charge in [-0.1, -0.05) is 49.7 Å². The summed E-state index contributed by atoms with van der Waals surface area (Å²) in [6, 6.07) is 17.7. The van der Waals surface area contributed by atoms with Gasteiger partial charge in [0.1, 0.15) is 0 Å². The third-order valence-electron chi connectivity index (χ3n) is 5.69. The molecule has 1 saturated carbocycles. The number of benzene rings is 2. The van der Waals surface area contributed by atoms with Crippen LogP contribution in [0.25, 0.3) is 0 Å². The standard InChI is InChI=1S/C23H27NS/c1-2-18-5-11-21(12-6-18)22-13-7-19(8-14-22)3-4-20-9-15-23(16-10-20)24-17-25/h7-10,13-16,18,21H,2-6,11-12H2,1H3/t18-,21-. The molecule has 1 nitrogen and oxygen atoms in total. The Balaban J connectivity index is 1.53. The Morgan fingerprint density at radius 3 is 1.96 bits per heavy atom. The molecule has 0 N–H and O–H groups in total. The molecular weight excluding hydrogens is 322 g/mol. The number of thiocarbonyl (C=S) groups is 1. The van der Waals surface area contributed by atoms with Crippen molar-refractivity contribution in [2.45, 2.75) is 57.8 Å². The quantitative estimate of drug-likeness (QED) is 0.408.